The molecule has 1 atom stereocenters. The van der Waals surface area contributed by atoms with Crippen LogP contribution in [0.2, 0.25) is 0 Å². The average Bonchev–Trinajstić information content (AvgIpc) is 2.46. The van der Waals surface area contributed by atoms with Gasteiger partial charge in [-0.15, -0.1) is 0 Å². The van der Waals surface area contributed by atoms with Gasteiger partial charge < -0.3 is 4.74 Å². The zero-order chi connectivity index (χ0) is 14.4. The molecular weight excluding hydrogens is 255 g/mol. The van der Waals surface area contributed by atoms with Gasteiger partial charge in [0.2, 0.25) is 6.36 Å². The molecule has 0 aromatic heterocycles. The fourth-order valence-corrected chi connectivity index (χ4v) is 2.01. The number of alkyl halides is 1. The van der Waals surface area contributed by atoms with Crippen molar-refractivity contribution in [2.75, 3.05) is 0 Å². The average molecular weight is 272 g/mol. The summed E-state index contributed by atoms with van der Waals surface area (Å²) in [6.45, 7) is 1.30. The number of hydrogen-bond donors (Lipinski definition) is 0. The van der Waals surface area contributed by atoms with Gasteiger partial charge in [0.15, 0.2) is 5.78 Å². The topological polar surface area (TPSA) is 26.3 Å². The molecular formula is C17H17FO2. The van der Waals surface area contributed by atoms with E-state index < -0.39 is 6.36 Å². The van der Waals surface area contributed by atoms with Crippen LogP contribution in [-0.4, -0.2) is 12.1 Å². The first-order valence-corrected chi connectivity index (χ1v) is 6.63. The van der Waals surface area contributed by atoms with Crippen molar-refractivity contribution in [2.45, 2.75) is 26.1 Å². The third-order valence-electron chi connectivity index (χ3n) is 2.96. The van der Waals surface area contributed by atoms with Gasteiger partial charge in [0.05, 0.1) is 5.56 Å². The van der Waals surface area contributed by atoms with E-state index in [9.17, 15) is 9.18 Å². The lowest BCUT2D eigenvalue weighted by Gasteiger charge is -2.11. The van der Waals surface area contributed by atoms with E-state index in [-0.39, 0.29) is 5.78 Å². The van der Waals surface area contributed by atoms with Crippen LogP contribution >= 0.6 is 0 Å². The van der Waals surface area contributed by atoms with Crippen molar-refractivity contribution in [1.82, 2.24) is 0 Å². The molecule has 2 aromatic carbocycles. The standard InChI is InChI=1S/C17H17FO2/c1-13(18)20-17-10-6-5-9-15(17)16(19)12-11-14-7-3-2-4-8-14/h2-10,13H,11-12H2,1H3. The van der Waals surface area contributed by atoms with Crippen molar-refractivity contribution < 1.29 is 13.9 Å². The van der Waals surface area contributed by atoms with Gasteiger partial charge in [0.25, 0.3) is 0 Å². The Balaban J connectivity index is 2.05. The minimum Gasteiger partial charge on any atom is -0.460 e. The second-order valence-corrected chi connectivity index (χ2v) is 4.57. The van der Waals surface area contributed by atoms with Crippen molar-refractivity contribution >= 4 is 5.78 Å². The number of aryl methyl sites for hydroxylation is 1. The second-order valence-electron chi connectivity index (χ2n) is 4.57. The lowest BCUT2D eigenvalue weighted by molar-refractivity contribution is 0.0822. The van der Waals surface area contributed by atoms with Crippen molar-refractivity contribution in [2.24, 2.45) is 0 Å². The summed E-state index contributed by atoms with van der Waals surface area (Å²) in [5.41, 5.74) is 1.55. The molecule has 0 radical (unpaired) electrons. The van der Waals surface area contributed by atoms with E-state index in [1.807, 2.05) is 30.3 Å². The Morgan fingerprint density at radius 2 is 1.75 bits per heavy atom. The van der Waals surface area contributed by atoms with Crippen LogP contribution in [0.4, 0.5) is 4.39 Å². The fraction of sp³-hybridized carbons (Fsp3) is 0.235. The number of ketones is 1. The summed E-state index contributed by atoms with van der Waals surface area (Å²) in [5.74, 6) is 0.269. The van der Waals surface area contributed by atoms with Crippen LogP contribution in [0.3, 0.4) is 0 Å². The zero-order valence-corrected chi connectivity index (χ0v) is 11.4. The molecule has 0 bridgehead atoms. The summed E-state index contributed by atoms with van der Waals surface area (Å²) < 4.78 is 18.0. The predicted molar refractivity (Wildman–Crippen MR) is 76.7 cm³/mol. The Hall–Kier alpha value is -2.16. The second kappa shape index (κ2) is 6.85. The molecule has 104 valence electrons. The summed E-state index contributed by atoms with van der Waals surface area (Å²) in [7, 11) is 0. The Morgan fingerprint density at radius 3 is 2.45 bits per heavy atom. The molecule has 0 heterocycles. The maximum Gasteiger partial charge on any atom is 0.235 e. The fourth-order valence-electron chi connectivity index (χ4n) is 2.01. The summed E-state index contributed by atoms with van der Waals surface area (Å²) in [5, 5.41) is 0. The molecule has 20 heavy (non-hydrogen) atoms. The number of carbonyl (C=O) groups is 1. The van der Waals surface area contributed by atoms with Crippen LogP contribution in [0, 0.1) is 0 Å². The first kappa shape index (κ1) is 14.3. The highest BCUT2D eigenvalue weighted by Crippen LogP contribution is 2.22. The van der Waals surface area contributed by atoms with Crippen LogP contribution in [0.5, 0.6) is 5.75 Å². The van der Waals surface area contributed by atoms with Crippen molar-refractivity contribution in [1.29, 1.82) is 0 Å². The maximum atomic E-state index is 12.9. The normalized spacial score (nSPS) is 11.9. The van der Waals surface area contributed by atoms with Gasteiger partial charge in [0.1, 0.15) is 5.75 Å². The van der Waals surface area contributed by atoms with Crippen LogP contribution in [0.1, 0.15) is 29.3 Å². The van der Waals surface area contributed by atoms with E-state index in [0.29, 0.717) is 24.2 Å². The molecule has 0 aliphatic carbocycles. The van der Waals surface area contributed by atoms with Gasteiger partial charge in [-0.3, -0.25) is 4.79 Å². The number of carbonyl (C=O) groups excluding carboxylic acids is 1. The number of benzene rings is 2. The molecule has 0 fully saturated rings. The Labute approximate surface area is 118 Å². The van der Waals surface area contributed by atoms with E-state index in [0.717, 1.165) is 5.56 Å². The third kappa shape index (κ3) is 3.92. The largest absolute Gasteiger partial charge is 0.460 e. The molecule has 0 saturated carbocycles. The first-order valence-electron chi connectivity index (χ1n) is 6.63. The molecule has 2 aromatic rings. The molecule has 0 aliphatic heterocycles. The highest BCUT2D eigenvalue weighted by molar-refractivity contribution is 5.98. The number of para-hydroxylation sites is 1. The highest BCUT2D eigenvalue weighted by atomic mass is 19.1. The van der Waals surface area contributed by atoms with E-state index in [1.54, 1.807) is 24.3 Å². The van der Waals surface area contributed by atoms with Crippen LogP contribution in [0.15, 0.2) is 54.6 Å². The lowest BCUT2D eigenvalue weighted by atomic mass is 10.0. The van der Waals surface area contributed by atoms with Crippen LogP contribution < -0.4 is 4.74 Å². The van der Waals surface area contributed by atoms with Crippen molar-refractivity contribution in [3.05, 3.63) is 65.7 Å². The van der Waals surface area contributed by atoms with E-state index in [2.05, 4.69) is 0 Å². The summed E-state index contributed by atoms with van der Waals surface area (Å²) in [6.07, 6.45) is -0.386. The molecule has 0 saturated heterocycles. The number of rotatable bonds is 6. The number of ether oxygens (including phenoxy) is 1. The molecule has 3 heteroatoms. The SMILES string of the molecule is CC(F)Oc1ccccc1C(=O)CCc1ccccc1. The van der Waals surface area contributed by atoms with Gasteiger partial charge in [-0.25, -0.2) is 4.39 Å². The van der Waals surface area contributed by atoms with Crippen molar-refractivity contribution in [3.63, 3.8) is 0 Å². The van der Waals surface area contributed by atoms with Crippen LogP contribution in [-0.2, 0) is 6.42 Å². The van der Waals surface area contributed by atoms with E-state index in [4.69, 9.17) is 4.74 Å². The lowest BCUT2D eigenvalue weighted by Crippen LogP contribution is -2.09. The molecule has 2 rings (SSSR count). The van der Waals surface area contributed by atoms with Gasteiger partial charge in [0, 0.05) is 13.3 Å². The summed E-state index contributed by atoms with van der Waals surface area (Å²) >= 11 is 0. The van der Waals surface area contributed by atoms with E-state index in [1.165, 1.54) is 6.92 Å². The molecule has 1 unspecified atom stereocenters. The number of hydrogen-bond acceptors (Lipinski definition) is 2. The Morgan fingerprint density at radius 1 is 1.10 bits per heavy atom. The monoisotopic (exact) mass is 272 g/mol. The first-order chi connectivity index (χ1) is 9.66. The smallest absolute Gasteiger partial charge is 0.235 e. The predicted octanol–water partition coefficient (Wildman–Crippen LogP) is 4.20. The third-order valence-corrected chi connectivity index (χ3v) is 2.96. The minimum absolute atomic E-state index is 0.0369. The number of halogens is 1. The molecule has 0 N–H and O–H groups in total. The number of Topliss-reactive ketones (excluding diaryl/α,β-unsaturated/α-hetero) is 1. The molecule has 0 aliphatic rings. The van der Waals surface area contributed by atoms with Gasteiger partial charge >= 0.3 is 0 Å². The van der Waals surface area contributed by atoms with Gasteiger partial charge in [-0.1, -0.05) is 42.5 Å². The molecule has 0 amide bonds. The van der Waals surface area contributed by atoms with Gasteiger partial charge in [-0.2, -0.15) is 0 Å². The zero-order valence-electron chi connectivity index (χ0n) is 11.4. The van der Waals surface area contributed by atoms with Crippen LogP contribution in [0.25, 0.3) is 0 Å². The molecule has 2 nitrogen and oxygen atoms in total. The Bertz CT molecular complexity index is 564. The quantitative estimate of drug-likeness (QED) is 0.737. The van der Waals surface area contributed by atoms with E-state index >= 15 is 0 Å². The maximum absolute atomic E-state index is 12.9. The summed E-state index contributed by atoms with van der Waals surface area (Å²) in [4.78, 5) is 12.2. The minimum atomic E-state index is -1.43. The van der Waals surface area contributed by atoms with Gasteiger partial charge in [-0.05, 0) is 24.1 Å². The van der Waals surface area contributed by atoms with Crippen molar-refractivity contribution in [3.8, 4) is 5.75 Å². The Kier molecular flexibility index (Phi) is 4.88. The summed E-state index contributed by atoms with van der Waals surface area (Å²) in [6, 6.07) is 16.6. The highest BCUT2D eigenvalue weighted by Gasteiger charge is 2.13. The molecule has 0 spiro atoms.